The molecule has 0 aliphatic rings. The highest BCUT2D eigenvalue weighted by molar-refractivity contribution is 5.66. The highest BCUT2D eigenvalue weighted by Gasteiger charge is 2.09. The van der Waals surface area contributed by atoms with Gasteiger partial charge in [0, 0.05) is 11.8 Å². The molecule has 0 spiro atoms. The van der Waals surface area contributed by atoms with Crippen molar-refractivity contribution in [3.05, 3.63) is 41.3 Å². The topological polar surface area (TPSA) is 47.0 Å². The second kappa shape index (κ2) is 5.80. The number of hydrogen-bond donors (Lipinski definition) is 1. The average Bonchev–Trinajstić information content (AvgIpc) is 2.41. The molecule has 0 bridgehead atoms. The van der Waals surface area contributed by atoms with E-state index in [0.717, 1.165) is 34.0 Å². The predicted octanol–water partition coefficient (Wildman–Crippen LogP) is 2.49. The van der Waals surface area contributed by atoms with Crippen LogP contribution in [0.4, 0.5) is 0 Å². The molecule has 2 aromatic rings. The molecular formula is C15H19N3O. The van der Waals surface area contributed by atoms with Gasteiger partial charge >= 0.3 is 0 Å². The summed E-state index contributed by atoms with van der Waals surface area (Å²) in [4.78, 5) is 8.82. The summed E-state index contributed by atoms with van der Waals surface area (Å²) in [6, 6.07) is 6.09. The van der Waals surface area contributed by atoms with E-state index in [9.17, 15) is 0 Å². The van der Waals surface area contributed by atoms with E-state index in [0.29, 0.717) is 6.54 Å². The van der Waals surface area contributed by atoms with Crippen molar-refractivity contribution in [1.82, 2.24) is 15.3 Å². The monoisotopic (exact) mass is 257 g/mol. The Labute approximate surface area is 113 Å². The van der Waals surface area contributed by atoms with Crippen LogP contribution in [0.2, 0.25) is 0 Å². The third-order valence-corrected chi connectivity index (χ3v) is 3.06. The molecule has 19 heavy (non-hydrogen) atoms. The molecule has 0 radical (unpaired) electrons. The Bertz CT molecular complexity index is 582. The second-order valence-electron chi connectivity index (χ2n) is 4.53. The van der Waals surface area contributed by atoms with E-state index in [-0.39, 0.29) is 0 Å². The Hall–Kier alpha value is -1.94. The molecule has 0 fully saturated rings. The number of ether oxygens (including phenoxy) is 1. The average molecular weight is 257 g/mol. The first kappa shape index (κ1) is 13.5. The number of hydrogen-bond acceptors (Lipinski definition) is 4. The first-order chi connectivity index (χ1) is 9.15. The van der Waals surface area contributed by atoms with Crippen LogP contribution in [-0.2, 0) is 6.54 Å². The lowest BCUT2D eigenvalue weighted by Crippen LogP contribution is -2.09. The minimum atomic E-state index is 0.669. The number of benzene rings is 1. The molecule has 1 aromatic heterocycles. The lowest BCUT2D eigenvalue weighted by atomic mass is 10.0. The van der Waals surface area contributed by atoms with Gasteiger partial charge in [0.05, 0.1) is 19.3 Å². The smallest absolute Gasteiger partial charge is 0.142 e. The highest BCUT2D eigenvalue weighted by atomic mass is 16.5. The van der Waals surface area contributed by atoms with Gasteiger partial charge in [-0.15, -0.1) is 0 Å². The van der Waals surface area contributed by atoms with Gasteiger partial charge in [0.15, 0.2) is 0 Å². The molecule has 100 valence electrons. The zero-order valence-electron chi connectivity index (χ0n) is 11.8. The van der Waals surface area contributed by atoms with Gasteiger partial charge in [-0.2, -0.15) is 0 Å². The summed E-state index contributed by atoms with van der Waals surface area (Å²) in [5, 5.41) is 3.06. The lowest BCUT2D eigenvalue weighted by molar-refractivity contribution is 0.411. The minimum Gasteiger partial charge on any atom is -0.496 e. The maximum absolute atomic E-state index is 5.34. The molecule has 4 heteroatoms. The summed E-state index contributed by atoms with van der Waals surface area (Å²) in [7, 11) is 3.58. The highest BCUT2D eigenvalue weighted by Crippen LogP contribution is 2.28. The lowest BCUT2D eigenvalue weighted by Gasteiger charge is -2.11. The SMILES string of the molecule is CNCc1nccc(-c2cc(C)c(OC)cc2C)n1. The standard InChI is InChI=1S/C15H19N3O/c1-10-8-14(19-4)11(2)7-12(10)13-5-6-17-15(18-13)9-16-3/h5-8,16H,9H2,1-4H3. The van der Waals surface area contributed by atoms with Crippen molar-refractivity contribution in [2.75, 3.05) is 14.2 Å². The Balaban J connectivity index is 2.46. The first-order valence-electron chi connectivity index (χ1n) is 6.28. The summed E-state index contributed by atoms with van der Waals surface area (Å²) in [5.74, 6) is 1.71. The molecule has 0 amide bonds. The quantitative estimate of drug-likeness (QED) is 0.914. The van der Waals surface area contributed by atoms with Gasteiger partial charge in [0.2, 0.25) is 0 Å². The molecule has 0 saturated carbocycles. The van der Waals surface area contributed by atoms with Gasteiger partial charge in [-0.3, -0.25) is 0 Å². The molecule has 0 unspecified atom stereocenters. The van der Waals surface area contributed by atoms with E-state index < -0.39 is 0 Å². The van der Waals surface area contributed by atoms with Crippen LogP contribution in [0.5, 0.6) is 5.75 Å². The molecule has 0 aliphatic heterocycles. The van der Waals surface area contributed by atoms with Crippen molar-refractivity contribution in [2.24, 2.45) is 0 Å². The molecule has 1 heterocycles. The van der Waals surface area contributed by atoms with Crippen molar-refractivity contribution < 1.29 is 4.74 Å². The summed E-state index contributed by atoms with van der Waals surface area (Å²) in [5.41, 5.74) is 4.33. The summed E-state index contributed by atoms with van der Waals surface area (Å²) >= 11 is 0. The number of aromatic nitrogens is 2. The molecule has 1 aromatic carbocycles. The maximum atomic E-state index is 5.34. The van der Waals surface area contributed by atoms with Crippen molar-refractivity contribution in [3.63, 3.8) is 0 Å². The maximum Gasteiger partial charge on any atom is 0.142 e. The van der Waals surface area contributed by atoms with Crippen molar-refractivity contribution in [3.8, 4) is 17.0 Å². The van der Waals surface area contributed by atoms with E-state index in [1.807, 2.05) is 26.1 Å². The van der Waals surface area contributed by atoms with Crippen LogP contribution in [0.15, 0.2) is 24.4 Å². The fraction of sp³-hybridized carbons (Fsp3) is 0.333. The Morgan fingerprint density at radius 1 is 1.21 bits per heavy atom. The molecule has 0 atom stereocenters. The van der Waals surface area contributed by atoms with Crippen LogP contribution < -0.4 is 10.1 Å². The van der Waals surface area contributed by atoms with E-state index in [1.165, 1.54) is 0 Å². The number of nitrogens with one attached hydrogen (secondary N) is 1. The minimum absolute atomic E-state index is 0.669. The number of aryl methyl sites for hydroxylation is 2. The number of methoxy groups -OCH3 is 1. The fourth-order valence-corrected chi connectivity index (χ4v) is 2.08. The van der Waals surface area contributed by atoms with Crippen LogP contribution in [0.1, 0.15) is 17.0 Å². The Morgan fingerprint density at radius 2 is 2.00 bits per heavy atom. The summed E-state index contributed by atoms with van der Waals surface area (Å²) < 4.78 is 5.34. The van der Waals surface area contributed by atoms with Gasteiger partial charge in [0.1, 0.15) is 11.6 Å². The molecular weight excluding hydrogens is 238 g/mol. The summed E-state index contributed by atoms with van der Waals surface area (Å²) in [6.45, 7) is 4.77. The van der Waals surface area contributed by atoms with Gasteiger partial charge in [-0.1, -0.05) is 0 Å². The van der Waals surface area contributed by atoms with Crippen LogP contribution >= 0.6 is 0 Å². The number of nitrogens with zero attached hydrogens (tertiary/aromatic N) is 2. The van der Waals surface area contributed by atoms with E-state index in [1.54, 1.807) is 13.3 Å². The van der Waals surface area contributed by atoms with Crippen LogP contribution in [-0.4, -0.2) is 24.1 Å². The molecule has 4 nitrogen and oxygen atoms in total. The van der Waals surface area contributed by atoms with Crippen molar-refractivity contribution in [1.29, 1.82) is 0 Å². The van der Waals surface area contributed by atoms with Gasteiger partial charge in [-0.25, -0.2) is 9.97 Å². The van der Waals surface area contributed by atoms with E-state index in [2.05, 4.69) is 28.3 Å². The zero-order chi connectivity index (χ0) is 13.8. The van der Waals surface area contributed by atoms with Crippen molar-refractivity contribution in [2.45, 2.75) is 20.4 Å². The Kier molecular flexibility index (Phi) is 4.12. The van der Waals surface area contributed by atoms with Gasteiger partial charge < -0.3 is 10.1 Å². The number of rotatable bonds is 4. The Morgan fingerprint density at radius 3 is 2.68 bits per heavy atom. The van der Waals surface area contributed by atoms with Crippen LogP contribution in [0.3, 0.4) is 0 Å². The van der Waals surface area contributed by atoms with Crippen LogP contribution in [0, 0.1) is 13.8 Å². The van der Waals surface area contributed by atoms with Crippen LogP contribution in [0.25, 0.3) is 11.3 Å². The normalized spacial score (nSPS) is 10.5. The van der Waals surface area contributed by atoms with E-state index in [4.69, 9.17) is 4.74 Å². The zero-order valence-corrected chi connectivity index (χ0v) is 11.8. The largest absolute Gasteiger partial charge is 0.496 e. The molecule has 0 aliphatic carbocycles. The van der Waals surface area contributed by atoms with Gasteiger partial charge in [-0.05, 0) is 50.2 Å². The fourth-order valence-electron chi connectivity index (χ4n) is 2.08. The molecule has 1 N–H and O–H groups in total. The summed E-state index contributed by atoms with van der Waals surface area (Å²) in [6.07, 6.45) is 1.80. The van der Waals surface area contributed by atoms with Gasteiger partial charge in [0.25, 0.3) is 0 Å². The third-order valence-electron chi connectivity index (χ3n) is 3.06. The predicted molar refractivity (Wildman–Crippen MR) is 76.3 cm³/mol. The first-order valence-corrected chi connectivity index (χ1v) is 6.28. The molecule has 0 saturated heterocycles. The molecule has 2 rings (SSSR count). The second-order valence-corrected chi connectivity index (χ2v) is 4.53. The van der Waals surface area contributed by atoms with E-state index >= 15 is 0 Å². The third kappa shape index (κ3) is 2.90. The van der Waals surface area contributed by atoms with Crippen molar-refractivity contribution >= 4 is 0 Å².